The van der Waals surface area contributed by atoms with Crippen LogP contribution < -0.4 is 5.32 Å². The van der Waals surface area contributed by atoms with Gasteiger partial charge in [0.05, 0.1) is 6.04 Å². The molecule has 2 aromatic carbocycles. The second kappa shape index (κ2) is 8.71. The summed E-state index contributed by atoms with van der Waals surface area (Å²) in [7, 11) is 0. The summed E-state index contributed by atoms with van der Waals surface area (Å²) in [5, 5.41) is 3.34. The highest BCUT2D eigenvalue weighted by Gasteiger charge is 2.45. The van der Waals surface area contributed by atoms with Crippen molar-refractivity contribution in [3.8, 4) is 11.1 Å². The number of amides is 1. The normalized spacial score (nSPS) is 29.0. The third kappa shape index (κ3) is 3.94. The Balaban J connectivity index is 1.22. The number of piperidine rings is 3. The van der Waals surface area contributed by atoms with Crippen molar-refractivity contribution in [2.45, 2.75) is 76.9 Å². The molecular formula is C30H38N2O2. The van der Waals surface area contributed by atoms with Gasteiger partial charge in [-0.1, -0.05) is 56.3 Å². The molecule has 3 aliphatic heterocycles. The summed E-state index contributed by atoms with van der Waals surface area (Å²) in [6.07, 6.45) is 7.88. The molecule has 4 fully saturated rings. The van der Waals surface area contributed by atoms with Crippen molar-refractivity contribution in [2.24, 2.45) is 11.3 Å². The zero-order chi connectivity index (χ0) is 23.3. The van der Waals surface area contributed by atoms with Gasteiger partial charge in [0.25, 0.3) is 0 Å². The molecule has 2 aromatic rings. The molecule has 4 nitrogen and oxygen atoms in total. The number of fused-ring (bicyclic) bond motifs is 4. The SMILES string of the molecule is CCC1(CC)Cc2cc(-c3ccc(C4CC4)cc3)ccc2C1NC(=O)O[C@H]1CN2CCC1CC2. The van der Waals surface area contributed by atoms with Gasteiger partial charge >= 0.3 is 6.09 Å². The molecular weight excluding hydrogens is 420 g/mol. The fourth-order valence-corrected chi connectivity index (χ4v) is 6.87. The van der Waals surface area contributed by atoms with E-state index in [2.05, 4.69) is 66.5 Å². The minimum atomic E-state index is -0.234. The van der Waals surface area contributed by atoms with E-state index in [1.165, 1.54) is 40.7 Å². The van der Waals surface area contributed by atoms with Gasteiger partial charge in [-0.2, -0.15) is 0 Å². The fraction of sp³-hybridized carbons (Fsp3) is 0.567. The molecule has 2 aliphatic carbocycles. The Bertz CT molecular complexity index is 1050. The summed E-state index contributed by atoms with van der Waals surface area (Å²) < 4.78 is 6.02. The van der Waals surface area contributed by atoms with E-state index in [0.29, 0.717) is 5.92 Å². The van der Waals surface area contributed by atoms with Gasteiger partial charge in [0.1, 0.15) is 6.10 Å². The molecule has 34 heavy (non-hydrogen) atoms. The molecule has 5 aliphatic rings. The Kier molecular flexibility index (Phi) is 5.68. The van der Waals surface area contributed by atoms with Gasteiger partial charge in [-0.15, -0.1) is 0 Å². The van der Waals surface area contributed by atoms with Crippen molar-refractivity contribution in [3.63, 3.8) is 0 Å². The molecule has 0 radical (unpaired) electrons. The Hall–Kier alpha value is -2.33. The number of ether oxygens (including phenoxy) is 1. The van der Waals surface area contributed by atoms with Crippen LogP contribution in [0.4, 0.5) is 4.79 Å². The van der Waals surface area contributed by atoms with Gasteiger partial charge in [0.15, 0.2) is 0 Å². The van der Waals surface area contributed by atoms with Crippen LogP contribution >= 0.6 is 0 Å². The number of hydrogen-bond acceptors (Lipinski definition) is 3. The third-order valence-electron chi connectivity index (χ3n) is 9.43. The molecule has 3 heterocycles. The van der Waals surface area contributed by atoms with Crippen LogP contribution in [0, 0.1) is 11.3 Å². The first kappa shape index (κ1) is 22.2. The third-order valence-corrected chi connectivity index (χ3v) is 9.43. The van der Waals surface area contributed by atoms with E-state index in [1.807, 2.05) is 0 Å². The smallest absolute Gasteiger partial charge is 0.407 e. The standard InChI is InChI=1S/C30H38N2O2/c1-3-30(4-2)18-25-17-24(22-9-7-21(8-10-22)20-5-6-20)11-12-26(25)28(30)31-29(33)34-27-19-32-15-13-23(27)14-16-32/h7-12,17,20,23,27-28H,3-6,13-16,18-19H2,1-2H3,(H,31,33)/t27-,28?/m0/s1. The molecule has 1 unspecified atom stereocenters. The van der Waals surface area contributed by atoms with Crippen molar-refractivity contribution < 1.29 is 9.53 Å². The van der Waals surface area contributed by atoms with E-state index in [9.17, 15) is 4.79 Å². The van der Waals surface area contributed by atoms with Crippen LogP contribution in [0.2, 0.25) is 0 Å². The van der Waals surface area contributed by atoms with Gasteiger partial charge in [0.2, 0.25) is 0 Å². The van der Waals surface area contributed by atoms with Gasteiger partial charge in [-0.3, -0.25) is 4.90 Å². The lowest BCUT2D eigenvalue weighted by molar-refractivity contribution is -0.0353. The molecule has 7 rings (SSSR count). The molecule has 3 saturated heterocycles. The van der Waals surface area contributed by atoms with Gasteiger partial charge in [-0.05, 0) is 103 Å². The fourth-order valence-electron chi connectivity index (χ4n) is 6.87. The number of carbonyl (C=O) groups is 1. The number of nitrogens with one attached hydrogen (secondary N) is 1. The lowest BCUT2D eigenvalue weighted by Gasteiger charge is -2.44. The minimum Gasteiger partial charge on any atom is -0.445 e. The number of hydrogen-bond donors (Lipinski definition) is 1. The largest absolute Gasteiger partial charge is 0.445 e. The zero-order valence-corrected chi connectivity index (χ0v) is 20.7. The van der Waals surface area contributed by atoms with Crippen molar-refractivity contribution in [3.05, 3.63) is 59.2 Å². The summed E-state index contributed by atoms with van der Waals surface area (Å²) in [5.41, 5.74) is 6.73. The van der Waals surface area contributed by atoms with Crippen LogP contribution in [0.25, 0.3) is 11.1 Å². The molecule has 1 N–H and O–H groups in total. The Morgan fingerprint density at radius 3 is 2.32 bits per heavy atom. The lowest BCUT2D eigenvalue weighted by Crippen LogP contribution is -2.53. The molecule has 180 valence electrons. The van der Waals surface area contributed by atoms with Crippen LogP contribution in [0.1, 0.15) is 81.0 Å². The maximum absolute atomic E-state index is 13.1. The average molecular weight is 459 g/mol. The van der Waals surface area contributed by atoms with Crippen molar-refractivity contribution in [1.82, 2.24) is 10.2 Å². The van der Waals surface area contributed by atoms with Gasteiger partial charge in [-0.25, -0.2) is 4.79 Å². The van der Waals surface area contributed by atoms with E-state index >= 15 is 0 Å². The first-order valence-electron chi connectivity index (χ1n) is 13.5. The van der Waals surface area contributed by atoms with Gasteiger partial charge < -0.3 is 10.1 Å². The predicted octanol–water partition coefficient (Wildman–Crippen LogP) is 6.46. The number of nitrogens with zero attached hydrogens (tertiary/aromatic N) is 1. The van der Waals surface area contributed by atoms with E-state index in [1.54, 1.807) is 0 Å². The number of benzene rings is 2. The summed E-state index contributed by atoms with van der Waals surface area (Å²) in [5.74, 6) is 1.32. The maximum atomic E-state index is 13.1. The molecule has 1 saturated carbocycles. The van der Waals surface area contributed by atoms with Crippen LogP contribution in [0.3, 0.4) is 0 Å². The molecule has 4 heteroatoms. The molecule has 1 amide bonds. The summed E-state index contributed by atoms with van der Waals surface area (Å²) >= 11 is 0. The monoisotopic (exact) mass is 458 g/mol. The highest BCUT2D eigenvalue weighted by molar-refractivity contribution is 5.70. The number of carbonyl (C=O) groups excluding carboxylic acids is 1. The van der Waals surface area contributed by atoms with Crippen LogP contribution in [-0.4, -0.2) is 36.7 Å². The first-order chi connectivity index (χ1) is 16.6. The minimum absolute atomic E-state index is 0.0115. The number of alkyl carbamates (subject to hydrolysis) is 1. The van der Waals surface area contributed by atoms with E-state index in [4.69, 9.17) is 4.74 Å². The van der Waals surface area contributed by atoms with Crippen molar-refractivity contribution in [2.75, 3.05) is 19.6 Å². The highest BCUT2D eigenvalue weighted by Crippen LogP contribution is 2.51. The zero-order valence-electron chi connectivity index (χ0n) is 20.7. The van der Waals surface area contributed by atoms with Crippen LogP contribution in [0.15, 0.2) is 42.5 Å². The van der Waals surface area contributed by atoms with E-state index < -0.39 is 0 Å². The molecule has 0 spiro atoms. The second-order valence-electron chi connectivity index (χ2n) is 11.2. The Morgan fingerprint density at radius 1 is 1.00 bits per heavy atom. The quantitative estimate of drug-likeness (QED) is 0.540. The van der Waals surface area contributed by atoms with E-state index in [-0.39, 0.29) is 23.7 Å². The Labute approximate surface area is 204 Å². The topological polar surface area (TPSA) is 41.6 Å². The van der Waals surface area contributed by atoms with E-state index in [0.717, 1.165) is 57.7 Å². The van der Waals surface area contributed by atoms with Crippen molar-refractivity contribution >= 4 is 6.09 Å². The second-order valence-corrected chi connectivity index (χ2v) is 11.2. The Morgan fingerprint density at radius 2 is 1.71 bits per heavy atom. The summed E-state index contributed by atoms with van der Waals surface area (Å²) in [4.78, 5) is 15.5. The van der Waals surface area contributed by atoms with Crippen molar-refractivity contribution in [1.29, 1.82) is 0 Å². The maximum Gasteiger partial charge on any atom is 0.407 e. The van der Waals surface area contributed by atoms with Crippen LogP contribution in [0.5, 0.6) is 0 Å². The number of rotatable bonds is 6. The van der Waals surface area contributed by atoms with Gasteiger partial charge in [0, 0.05) is 6.54 Å². The summed E-state index contributed by atoms with van der Waals surface area (Å²) in [6.45, 7) is 7.74. The molecule has 2 atom stereocenters. The predicted molar refractivity (Wildman–Crippen MR) is 136 cm³/mol. The first-order valence-corrected chi connectivity index (χ1v) is 13.5. The highest BCUT2D eigenvalue weighted by atomic mass is 16.6. The van der Waals surface area contributed by atoms with Crippen LogP contribution in [-0.2, 0) is 11.2 Å². The molecule has 2 bridgehead atoms. The molecule has 0 aromatic heterocycles. The summed E-state index contributed by atoms with van der Waals surface area (Å²) in [6, 6.07) is 16.0. The lowest BCUT2D eigenvalue weighted by atomic mass is 9.76. The average Bonchev–Trinajstić information content (AvgIpc) is 3.68.